The molecule has 1 fully saturated rings. The van der Waals surface area contributed by atoms with Crippen molar-refractivity contribution < 1.29 is 9.47 Å². The van der Waals surface area contributed by atoms with Crippen LogP contribution in [0.15, 0.2) is 0 Å². The van der Waals surface area contributed by atoms with Crippen molar-refractivity contribution in [3.63, 3.8) is 0 Å². The van der Waals surface area contributed by atoms with E-state index in [9.17, 15) is 0 Å². The first-order chi connectivity index (χ1) is 8.27. The van der Waals surface area contributed by atoms with Gasteiger partial charge in [-0.05, 0) is 33.7 Å². The van der Waals surface area contributed by atoms with E-state index in [1.54, 1.807) is 0 Å². The van der Waals surface area contributed by atoms with E-state index < -0.39 is 0 Å². The highest BCUT2D eigenvalue weighted by Gasteiger charge is 2.19. The summed E-state index contributed by atoms with van der Waals surface area (Å²) in [5, 5.41) is 0. The van der Waals surface area contributed by atoms with Gasteiger partial charge in [0.1, 0.15) is 0 Å². The third-order valence-electron chi connectivity index (χ3n) is 3.62. The third-order valence-corrected chi connectivity index (χ3v) is 3.62. The van der Waals surface area contributed by atoms with Crippen molar-refractivity contribution in [2.75, 3.05) is 26.8 Å². The zero-order chi connectivity index (χ0) is 12.5. The summed E-state index contributed by atoms with van der Waals surface area (Å²) in [5.41, 5.74) is 0. The molecule has 0 unspecified atom stereocenters. The molecule has 0 aliphatic heterocycles. The SMILES string of the molecule is CCOC(CCN(C)C1CCCCC1)OCC. The molecule has 0 bridgehead atoms. The van der Waals surface area contributed by atoms with Crippen LogP contribution in [0.4, 0.5) is 0 Å². The first-order valence-corrected chi connectivity index (χ1v) is 7.21. The molecule has 17 heavy (non-hydrogen) atoms. The van der Waals surface area contributed by atoms with Crippen LogP contribution in [0.5, 0.6) is 0 Å². The Bertz CT molecular complexity index is 175. The van der Waals surface area contributed by atoms with E-state index in [0.29, 0.717) is 0 Å². The first kappa shape index (κ1) is 14.9. The lowest BCUT2D eigenvalue weighted by molar-refractivity contribution is -0.142. The zero-order valence-corrected chi connectivity index (χ0v) is 11.8. The van der Waals surface area contributed by atoms with Gasteiger partial charge in [0.25, 0.3) is 0 Å². The highest BCUT2D eigenvalue weighted by Crippen LogP contribution is 2.21. The van der Waals surface area contributed by atoms with E-state index in [2.05, 4.69) is 11.9 Å². The Kier molecular flexibility index (Phi) is 7.82. The van der Waals surface area contributed by atoms with Crippen LogP contribution < -0.4 is 0 Å². The highest BCUT2D eigenvalue weighted by atomic mass is 16.7. The van der Waals surface area contributed by atoms with Gasteiger partial charge in [-0.15, -0.1) is 0 Å². The molecular formula is C14H29NO2. The predicted molar refractivity (Wildman–Crippen MR) is 71.2 cm³/mol. The maximum absolute atomic E-state index is 5.57. The number of nitrogens with zero attached hydrogens (tertiary/aromatic N) is 1. The van der Waals surface area contributed by atoms with Crippen LogP contribution >= 0.6 is 0 Å². The minimum absolute atomic E-state index is 0.0176. The molecule has 0 N–H and O–H groups in total. The second kappa shape index (κ2) is 8.90. The molecule has 3 heteroatoms. The molecule has 0 aromatic carbocycles. The van der Waals surface area contributed by atoms with E-state index in [4.69, 9.17) is 9.47 Å². The molecule has 0 amide bonds. The normalized spacial score (nSPS) is 18.2. The number of ether oxygens (including phenoxy) is 2. The second-order valence-corrected chi connectivity index (χ2v) is 4.90. The molecule has 0 saturated heterocycles. The summed E-state index contributed by atoms with van der Waals surface area (Å²) in [4.78, 5) is 2.49. The van der Waals surface area contributed by atoms with Crippen molar-refractivity contribution >= 4 is 0 Å². The lowest BCUT2D eigenvalue weighted by Gasteiger charge is -2.32. The maximum atomic E-state index is 5.57. The van der Waals surface area contributed by atoms with E-state index >= 15 is 0 Å². The molecule has 1 aliphatic rings. The van der Waals surface area contributed by atoms with Gasteiger partial charge >= 0.3 is 0 Å². The molecule has 0 heterocycles. The lowest BCUT2D eigenvalue weighted by atomic mass is 9.94. The Morgan fingerprint density at radius 1 is 1.06 bits per heavy atom. The average Bonchev–Trinajstić information content (AvgIpc) is 2.37. The fourth-order valence-corrected chi connectivity index (χ4v) is 2.60. The molecular weight excluding hydrogens is 214 g/mol. The number of rotatable bonds is 8. The standard InChI is InChI=1S/C14H29NO2/c1-4-16-14(17-5-2)11-12-15(3)13-9-7-6-8-10-13/h13-14H,4-12H2,1-3H3. The Morgan fingerprint density at radius 2 is 1.65 bits per heavy atom. The minimum atomic E-state index is -0.0176. The van der Waals surface area contributed by atoms with Gasteiger partial charge in [-0.25, -0.2) is 0 Å². The molecule has 0 radical (unpaired) electrons. The molecule has 0 aromatic heterocycles. The molecule has 1 saturated carbocycles. The van der Waals surface area contributed by atoms with Crippen molar-refractivity contribution in [1.82, 2.24) is 4.90 Å². The average molecular weight is 243 g/mol. The molecule has 102 valence electrons. The van der Waals surface area contributed by atoms with Crippen molar-refractivity contribution in [3.05, 3.63) is 0 Å². The molecule has 1 aliphatic carbocycles. The first-order valence-electron chi connectivity index (χ1n) is 7.21. The van der Waals surface area contributed by atoms with E-state index in [0.717, 1.165) is 32.2 Å². The van der Waals surface area contributed by atoms with E-state index in [1.165, 1.54) is 32.1 Å². The van der Waals surface area contributed by atoms with Crippen molar-refractivity contribution in [1.29, 1.82) is 0 Å². The van der Waals surface area contributed by atoms with Gasteiger partial charge < -0.3 is 14.4 Å². The third kappa shape index (κ3) is 5.84. The molecule has 3 nitrogen and oxygen atoms in total. The van der Waals surface area contributed by atoms with Gasteiger partial charge in [-0.1, -0.05) is 19.3 Å². The van der Waals surface area contributed by atoms with Gasteiger partial charge in [-0.3, -0.25) is 0 Å². The molecule has 1 rings (SSSR count). The van der Waals surface area contributed by atoms with Gasteiger partial charge in [0.2, 0.25) is 0 Å². The summed E-state index contributed by atoms with van der Waals surface area (Å²) in [6, 6.07) is 0.785. The van der Waals surface area contributed by atoms with Crippen LogP contribution in [0.3, 0.4) is 0 Å². The smallest absolute Gasteiger partial charge is 0.158 e. The fourth-order valence-electron chi connectivity index (χ4n) is 2.60. The summed E-state index contributed by atoms with van der Waals surface area (Å²) in [6.45, 7) is 6.60. The summed E-state index contributed by atoms with van der Waals surface area (Å²) >= 11 is 0. The molecule has 0 aromatic rings. The van der Waals surface area contributed by atoms with Gasteiger partial charge in [0.05, 0.1) is 0 Å². The van der Waals surface area contributed by atoms with Crippen LogP contribution in [0.25, 0.3) is 0 Å². The van der Waals surface area contributed by atoms with E-state index in [1.807, 2.05) is 13.8 Å². The molecule has 0 atom stereocenters. The van der Waals surface area contributed by atoms with Crippen LogP contribution in [0.1, 0.15) is 52.4 Å². The Balaban J connectivity index is 2.21. The number of hydrogen-bond acceptors (Lipinski definition) is 3. The summed E-state index contributed by atoms with van der Waals surface area (Å²) in [7, 11) is 2.24. The maximum Gasteiger partial charge on any atom is 0.158 e. The zero-order valence-electron chi connectivity index (χ0n) is 11.8. The van der Waals surface area contributed by atoms with Gasteiger partial charge in [-0.2, -0.15) is 0 Å². The minimum Gasteiger partial charge on any atom is -0.353 e. The monoisotopic (exact) mass is 243 g/mol. The van der Waals surface area contributed by atoms with Crippen LogP contribution in [0, 0.1) is 0 Å². The quantitative estimate of drug-likeness (QED) is 0.612. The number of hydrogen-bond donors (Lipinski definition) is 0. The Morgan fingerprint density at radius 3 is 2.18 bits per heavy atom. The van der Waals surface area contributed by atoms with Crippen LogP contribution in [-0.4, -0.2) is 44.0 Å². The van der Waals surface area contributed by atoms with Crippen LogP contribution in [0.2, 0.25) is 0 Å². The van der Waals surface area contributed by atoms with Crippen LogP contribution in [-0.2, 0) is 9.47 Å². The summed E-state index contributed by atoms with van der Waals surface area (Å²) in [5.74, 6) is 0. The summed E-state index contributed by atoms with van der Waals surface area (Å²) < 4.78 is 11.1. The van der Waals surface area contributed by atoms with Crippen molar-refractivity contribution in [3.8, 4) is 0 Å². The van der Waals surface area contributed by atoms with Gasteiger partial charge in [0, 0.05) is 32.2 Å². The second-order valence-electron chi connectivity index (χ2n) is 4.90. The topological polar surface area (TPSA) is 21.7 Å². The molecule has 0 spiro atoms. The van der Waals surface area contributed by atoms with E-state index in [-0.39, 0.29) is 6.29 Å². The van der Waals surface area contributed by atoms with Crippen molar-refractivity contribution in [2.24, 2.45) is 0 Å². The summed E-state index contributed by atoms with van der Waals surface area (Å²) in [6.07, 6.45) is 7.91. The Hall–Kier alpha value is -0.120. The van der Waals surface area contributed by atoms with Crippen molar-refractivity contribution in [2.45, 2.75) is 64.7 Å². The Labute approximate surface area is 106 Å². The largest absolute Gasteiger partial charge is 0.353 e. The fraction of sp³-hybridized carbons (Fsp3) is 1.00. The highest BCUT2D eigenvalue weighted by molar-refractivity contribution is 4.73. The lowest BCUT2D eigenvalue weighted by Crippen LogP contribution is -2.36. The predicted octanol–water partition coefficient (Wildman–Crippen LogP) is 3.04. The van der Waals surface area contributed by atoms with Gasteiger partial charge in [0.15, 0.2) is 6.29 Å².